The summed E-state index contributed by atoms with van der Waals surface area (Å²) in [6, 6.07) is 3.97. The van der Waals surface area contributed by atoms with E-state index in [2.05, 4.69) is 19.8 Å². The van der Waals surface area contributed by atoms with E-state index in [0.717, 1.165) is 17.3 Å². The molecule has 41 heavy (non-hydrogen) atoms. The van der Waals surface area contributed by atoms with E-state index < -0.39 is 34.5 Å². The summed E-state index contributed by atoms with van der Waals surface area (Å²) in [6.45, 7) is -2.63. The fourth-order valence-corrected chi connectivity index (χ4v) is 7.85. The number of sulfonamides is 1. The van der Waals surface area contributed by atoms with E-state index in [0.29, 0.717) is 32.4 Å². The Balaban J connectivity index is 1.42. The number of rotatable bonds is 9. The summed E-state index contributed by atoms with van der Waals surface area (Å²) in [7, 11) is -3.69. The molecular formula is C25H21ClF3N7O2S3. The Hall–Kier alpha value is -3.11. The van der Waals surface area contributed by atoms with Crippen LogP contribution in [0.2, 0.25) is 5.02 Å². The Bertz CT molecular complexity index is 1720. The molecule has 4 aromatic rings. The van der Waals surface area contributed by atoms with Crippen molar-refractivity contribution in [1.29, 1.82) is 0 Å². The highest BCUT2D eigenvalue weighted by molar-refractivity contribution is 7.89. The van der Waals surface area contributed by atoms with Crippen LogP contribution in [0.5, 0.6) is 0 Å². The van der Waals surface area contributed by atoms with Gasteiger partial charge in [0, 0.05) is 76.6 Å². The summed E-state index contributed by atoms with van der Waals surface area (Å²) < 4.78 is 70.4. The molecule has 5 heterocycles. The lowest BCUT2D eigenvalue weighted by Crippen LogP contribution is -2.40. The van der Waals surface area contributed by atoms with Gasteiger partial charge in [-0.3, -0.25) is 4.99 Å². The highest BCUT2D eigenvalue weighted by Gasteiger charge is 2.42. The van der Waals surface area contributed by atoms with E-state index in [1.165, 1.54) is 40.9 Å². The van der Waals surface area contributed by atoms with Crippen molar-refractivity contribution in [1.82, 2.24) is 29.4 Å². The number of aryl methyl sites for hydroxylation is 1. The number of halogens is 4. The molecule has 214 valence electrons. The van der Waals surface area contributed by atoms with Gasteiger partial charge in [0.1, 0.15) is 11.9 Å². The minimum atomic E-state index is -3.69. The lowest BCUT2D eigenvalue weighted by atomic mass is 9.92. The second kappa shape index (κ2) is 11.3. The summed E-state index contributed by atoms with van der Waals surface area (Å²) in [5.41, 5.74) is 1.79. The normalized spacial score (nSPS) is 19.2. The van der Waals surface area contributed by atoms with Gasteiger partial charge >= 0.3 is 6.55 Å². The molecule has 0 amide bonds. The van der Waals surface area contributed by atoms with Crippen LogP contribution in [0.25, 0.3) is 5.57 Å². The Labute approximate surface area is 246 Å². The number of nitrogens with one attached hydrogen (secondary N) is 1. The number of alkyl halides is 2. The lowest BCUT2D eigenvalue weighted by Gasteiger charge is -2.32. The molecule has 2 aliphatic heterocycles. The van der Waals surface area contributed by atoms with Gasteiger partial charge in [-0.25, -0.2) is 32.2 Å². The molecule has 1 N–H and O–H groups in total. The third-order valence-corrected chi connectivity index (χ3v) is 10.0. The molecule has 1 aromatic carbocycles. The zero-order valence-corrected chi connectivity index (χ0v) is 24.2. The van der Waals surface area contributed by atoms with Crippen LogP contribution in [0.4, 0.5) is 13.2 Å². The number of thiazole rings is 2. The number of nitrogens with zero attached hydrogens (tertiary/aromatic N) is 6. The van der Waals surface area contributed by atoms with Crippen molar-refractivity contribution < 1.29 is 21.6 Å². The van der Waals surface area contributed by atoms with Gasteiger partial charge in [0.05, 0.1) is 16.5 Å². The number of hydrogen-bond acceptors (Lipinski definition) is 9. The van der Waals surface area contributed by atoms with E-state index in [9.17, 15) is 21.6 Å². The van der Waals surface area contributed by atoms with Crippen LogP contribution in [0.1, 0.15) is 40.3 Å². The number of fused-ring (bicyclic) bond motifs is 1. The first kappa shape index (κ1) is 28.0. The number of aromatic nitrogens is 4. The average Bonchev–Trinajstić information content (AvgIpc) is 3.73. The number of aliphatic imine (C=N–C) groups is 1. The molecular weight excluding hydrogens is 619 g/mol. The van der Waals surface area contributed by atoms with Crippen molar-refractivity contribution in [3.63, 3.8) is 0 Å². The molecule has 9 nitrogen and oxygen atoms in total. The SMILES string of the molecule is O=S(=O)(CCc1nccs1)N[C@H]1CC2=C(c3ccn(C(F)F)n3)[C@H](c3ccc(F)cc3Cl)N=C(c3nccs3)N2C1. The van der Waals surface area contributed by atoms with Crippen LogP contribution in [0.3, 0.4) is 0 Å². The summed E-state index contributed by atoms with van der Waals surface area (Å²) in [4.78, 5) is 15.4. The van der Waals surface area contributed by atoms with Gasteiger partial charge in [-0.1, -0.05) is 17.7 Å². The van der Waals surface area contributed by atoms with Crippen molar-refractivity contribution in [3.8, 4) is 0 Å². The first-order valence-corrected chi connectivity index (χ1v) is 16.1. The molecule has 16 heteroatoms. The molecule has 2 atom stereocenters. The monoisotopic (exact) mass is 639 g/mol. The summed E-state index contributed by atoms with van der Waals surface area (Å²) >= 11 is 9.21. The zero-order valence-electron chi connectivity index (χ0n) is 21.0. The van der Waals surface area contributed by atoms with Crippen LogP contribution in [-0.4, -0.2) is 57.2 Å². The van der Waals surface area contributed by atoms with Crippen LogP contribution in [0, 0.1) is 5.82 Å². The topological polar surface area (TPSA) is 105 Å². The fourth-order valence-electron chi connectivity index (χ4n) is 4.94. The van der Waals surface area contributed by atoms with Crippen LogP contribution in [0.15, 0.2) is 64.3 Å². The van der Waals surface area contributed by atoms with E-state index in [4.69, 9.17) is 16.6 Å². The molecule has 1 fully saturated rings. The van der Waals surface area contributed by atoms with Crippen molar-refractivity contribution in [3.05, 3.63) is 91.4 Å². The summed E-state index contributed by atoms with van der Waals surface area (Å²) in [6.07, 6.45) is 4.92. The first-order valence-electron chi connectivity index (χ1n) is 12.3. The number of amidine groups is 1. The second-order valence-corrected chi connectivity index (χ2v) is 13.5. The van der Waals surface area contributed by atoms with Crippen molar-refractivity contribution in [2.45, 2.75) is 31.5 Å². The molecule has 0 bridgehead atoms. The molecule has 0 saturated carbocycles. The minimum absolute atomic E-state index is 0.106. The van der Waals surface area contributed by atoms with Gasteiger partial charge in [0.2, 0.25) is 10.0 Å². The molecule has 0 unspecified atom stereocenters. The zero-order chi connectivity index (χ0) is 28.7. The van der Waals surface area contributed by atoms with Crippen LogP contribution >= 0.6 is 34.3 Å². The highest BCUT2D eigenvalue weighted by Crippen LogP contribution is 2.46. The Morgan fingerprint density at radius 1 is 1.15 bits per heavy atom. The van der Waals surface area contributed by atoms with Crippen molar-refractivity contribution in [2.24, 2.45) is 4.99 Å². The van der Waals surface area contributed by atoms with Crippen LogP contribution in [-0.2, 0) is 16.4 Å². The smallest absolute Gasteiger partial charge is 0.326 e. The lowest BCUT2D eigenvalue weighted by molar-refractivity contribution is 0.0564. The van der Waals surface area contributed by atoms with E-state index in [-0.39, 0.29) is 35.9 Å². The van der Waals surface area contributed by atoms with Crippen molar-refractivity contribution in [2.75, 3.05) is 12.3 Å². The molecule has 1 saturated heterocycles. The summed E-state index contributed by atoms with van der Waals surface area (Å²) in [5.74, 6) is -0.199. The molecule has 0 radical (unpaired) electrons. The fraction of sp³-hybridized carbons (Fsp3) is 0.280. The van der Waals surface area contributed by atoms with Crippen LogP contribution < -0.4 is 4.72 Å². The predicted octanol–water partition coefficient (Wildman–Crippen LogP) is 5.13. The second-order valence-electron chi connectivity index (χ2n) is 9.30. The van der Waals surface area contributed by atoms with Crippen molar-refractivity contribution >= 4 is 55.7 Å². The third-order valence-electron chi connectivity index (χ3n) is 6.64. The van der Waals surface area contributed by atoms with Gasteiger partial charge in [0.25, 0.3) is 0 Å². The maximum atomic E-state index is 14.0. The third kappa shape index (κ3) is 5.81. The Morgan fingerprint density at radius 3 is 2.63 bits per heavy atom. The maximum Gasteiger partial charge on any atom is 0.333 e. The van der Waals surface area contributed by atoms with E-state index in [1.54, 1.807) is 23.2 Å². The summed E-state index contributed by atoms with van der Waals surface area (Å²) in [5, 5.41) is 9.08. The van der Waals surface area contributed by atoms with Gasteiger partial charge in [0.15, 0.2) is 10.8 Å². The molecule has 0 spiro atoms. The van der Waals surface area contributed by atoms with Gasteiger partial charge in [-0.2, -0.15) is 13.9 Å². The number of hydrogen-bond donors (Lipinski definition) is 1. The molecule has 0 aliphatic carbocycles. The van der Waals surface area contributed by atoms with Gasteiger partial charge in [-0.05, 0) is 18.2 Å². The Morgan fingerprint density at radius 2 is 1.95 bits per heavy atom. The Kier molecular flexibility index (Phi) is 7.72. The predicted molar refractivity (Wildman–Crippen MR) is 151 cm³/mol. The van der Waals surface area contributed by atoms with Gasteiger partial charge in [-0.15, -0.1) is 22.7 Å². The van der Waals surface area contributed by atoms with Gasteiger partial charge < -0.3 is 4.90 Å². The largest absolute Gasteiger partial charge is 0.333 e. The quantitative estimate of drug-likeness (QED) is 0.272. The first-order chi connectivity index (χ1) is 19.7. The molecule has 6 rings (SSSR count). The molecule has 2 aliphatic rings. The van der Waals surface area contributed by atoms with E-state index >= 15 is 0 Å². The highest BCUT2D eigenvalue weighted by atomic mass is 35.5. The average molecular weight is 640 g/mol. The van der Waals surface area contributed by atoms with E-state index in [1.807, 2.05) is 4.90 Å². The minimum Gasteiger partial charge on any atom is -0.326 e. The number of benzene rings is 1. The standard InChI is InChI=1S/C25H21ClF3N7O2S3/c26-17-11-14(27)1-2-16(17)22-21(18-3-7-36(33-18)25(28)29)19-12-15(13-35(19)23(32-22)24-31-6-9-40-24)34-41(37,38)10-4-20-30-5-8-39-20/h1-3,5-9,11,15,22,25,34H,4,10,12-13H2/t15-,22-/m0/s1. The molecule has 3 aromatic heterocycles. The maximum absolute atomic E-state index is 14.0.